The second kappa shape index (κ2) is 4.96. The molecule has 0 N–H and O–H groups in total. The van der Waals surface area contributed by atoms with E-state index in [1.807, 2.05) is 0 Å². The molecule has 0 spiro atoms. The van der Waals surface area contributed by atoms with E-state index in [2.05, 4.69) is 48.5 Å². The van der Waals surface area contributed by atoms with Crippen molar-refractivity contribution in [2.24, 2.45) is 0 Å². The molecule has 0 heterocycles. The predicted octanol–water partition coefficient (Wildman–Crippen LogP) is 3.85. The summed E-state index contributed by atoms with van der Waals surface area (Å²) in [6.07, 6.45) is 1.10. The number of hydrogen-bond acceptors (Lipinski definition) is 1. The zero-order valence-corrected chi connectivity index (χ0v) is 10.2. The lowest BCUT2D eigenvalue weighted by Gasteiger charge is -1.98. The average Bonchev–Trinajstić information content (AvgIpc) is 2.66. The highest BCUT2D eigenvalue weighted by Crippen LogP contribution is 2.35. The maximum atomic E-state index is 9.44. The molecule has 0 unspecified atom stereocenters. The van der Waals surface area contributed by atoms with E-state index in [1.165, 1.54) is 36.1 Å². The van der Waals surface area contributed by atoms with Crippen molar-refractivity contribution in [1.29, 1.82) is 0 Å². The second-order valence-corrected chi connectivity index (χ2v) is 4.40. The zero-order chi connectivity index (χ0) is 12.3. The average molecular weight is 224 g/mol. The van der Waals surface area contributed by atoms with E-state index in [0.29, 0.717) is 0 Å². The fourth-order valence-electron chi connectivity index (χ4n) is 2.08. The van der Waals surface area contributed by atoms with Gasteiger partial charge >= 0.3 is 0 Å². The first kappa shape index (κ1) is 11.6. The first-order chi connectivity index (χ1) is 8.18. The van der Waals surface area contributed by atoms with Crippen LogP contribution in [0.3, 0.4) is 0 Å². The topological polar surface area (TPSA) is 17.1 Å². The molecule has 1 aliphatic carbocycles. The number of carbonyl (C=O) groups excluding carboxylic acids is 1. The number of Topliss-reactive ketones (excluding diaryl/α,β-unsaturated/α-hetero) is 1. The highest BCUT2D eigenvalue weighted by atomic mass is 16.1. The monoisotopic (exact) mass is 224 g/mol. The van der Waals surface area contributed by atoms with E-state index >= 15 is 0 Å². The summed E-state index contributed by atoms with van der Waals surface area (Å²) in [6, 6.07) is 17.3. The van der Waals surface area contributed by atoms with Crippen LogP contribution in [0.5, 0.6) is 0 Å². The quantitative estimate of drug-likeness (QED) is 0.567. The summed E-state index contributed by atoms with van der Waals surface area (Å²) in [5, 5.41) is 0. The Labute approximate surface area is 102 Å². The van der Waals surface area contributed by atoms with Gasteiger partial charge in [-0.15, -0.1) is 0 Å². The zero-order valence-electron chi connectivity index (χ0n) is 10.2. The van der Waals surface area contributed by atoms with Crippen molar-refractivity contribution in [2.75, 3.05) is 0 Å². The van der Waals surface area contributed by atoms with Crippen LogP contribution in [0.15, 0.2) is 48.5 Å². The molecule has 0 saturated carbocycles. The Hall–Kier alpha value is -1.89. The van der Waals surface area contributed by atoms with Crippen LogP contribution >= 0.6 is 0 Å². The number of carbonyl (C=O) groups is 1. The van der Waals surface area contributed by atoms with Crippen LogP contribution < -0.4 is 0 Å². The van der Waals surface area contributed by atoms with Gasteiger partial charge in [-0.05, 0) is 42.5 Å². The van der Waals surface area contributed by atoms with Crippen LogP contribution in [-0.4, -0.2) is 5.78 Å². The van der Waals surface area contributed by atoms with Crippen LogP contribution in [0.25, 0.3) is 11.1 Å². The largest absolute Gasteiger partial charge is 0.300 e. The summed E-state index contributed by atoms with van der Waals surface area (Å²) in [4.78, 5) is 9.44. The molecule has 2 aromatic carbocycles. The van der Waals surface area contributed by atoms with Crippen LogP contribution in [0.4, 0.5) is 0 Å². The van der Waals surface area contributed by atoms with E-state index < -0.39 is 0 Å². The summed E-state index contributed by atoms with van der Waals surface area (Å²) in [7, 11) is 0. The van der Waals surface area contributed by atoms with Gasteiger partial charge < -0.3 is 4.79 Å². The molecule has 0 saturated heterocycles. The molecule has 86 valence electrons. The molecule has 1 aliphatic rings. The minimum Gasteiger partial charge on any atom is -0.300 e. The SMILES string of the molecule is CC(C)=O.c1ccc2c(c1)Cc1ccccc1-2. The summed E-state index contributed by atoms with van der Waals surface area (Å²) >= 11 is 0. The maximum Gasteiger partial charge on any atom is 0.126 e. The van der Waals surface area contributed by atoms with Gasteiger partial charge in [-0.1, -0.05) is 48.5 Å². The van der Waals surface area contributed by atoms with Gasteiger partial charge in [-0.2, -0.15) is 0 Å². The smallest absolute Gasteiger partial charge is 0.126 e. The Morgan fingerprint density at radius 3 is 1.59 bits per heavy atom. The number of fused-ring (bicyclic) bond motifs is 3. The molecule has 0 aliphatic heterocycles. The fourth-order valence-corrected chi connectivity index (χ4v) is 2.08. The number of benzene rings is 2. The lowest BCUT2D eigenvalue weighted by atomic mass is 10.1. The van der Waals surface area contributed by atoms with Crippen molar-refractivity contribution in [3.8, 4) is 11.1 Å². The second-order valence-electron chi connectivity index (χ2n) is 4.40. The van der Waals surface area contributed by atoms with Crippen LogP contribution in [0.1, 0.15) is 25.0 Å². The Balaban J connectivity index is 0.000000239. The predicted molar refractivity (Wildman–Crippen MR) is 71.0 cm³/mol. The van der Waals surface area contributed by atoms with Crippen LogP contribution in [0, 0.1) is 0 Å². The molecule has 0 atom stereocenters. The number of rotatable bonds is 0. The molecule has 0 aromatic heterocycles. The lowest BCUT2D eigenvalue weighted by Crippen LogP contribution is -1.77. The summed E-state index contributed by atoms with van der Waals surface area (Å²) < 4.78 is 0. The highest BCUT2D eigenvalue weighted by Gasteiger charge is 2.15. The lowest BCUT2D eigenvalue weighted by molar-refractivity contribution is -0.114. The third-order valence-electron chi connectivity index (χ3n) is 2.71. The van der Waals surface area contributed by atoms with Crippen molar-refractivity contribution < 1.29 is 4.79 Å². The van der Waals surface area contributed by atoms with E-state index in [1.54, 1.807) is 0 Å². The molecular formula is C16H16O. The summed E-state index contributed by atoms with van der Waals surface area (Å²) in [5.41, 5.74) is 5.75. The molecule has 0 radical (unpaired) electrons. The molecular weight excluding hydrogens is 208 g/mol. The van der Waals surface area contributed by atoms with E-state index in [4.69, 9.17) is 0 Å². The van der Waals surface area contributed by atoms with E-state index in [-0.39, 0.29) is 5.78 Å². The standard InChI is InChI=1S/C13H10.C3H6O/c1-3-7-12-10(5-1)9-11-6-2-4-8-13(11)12;1-3(2)4/h1-8H,9H2;1-2H3. The van der Waals surface area contributed by atoms with Gasteiger partial charge in [-0.25, -0.2) is 0 Å². The maximum absolute atomic E-state index is 9.44. The summed E-state index contributed by atoms with van der Waals surface area (Å²) in [5.74, 6) is 0.167. The fraction of sp³-hybridized carbons (Fsp3) is 0.188. The Morgan fingerprint density at radius 1 is 0.824 bits per heavy atom. The molecule has 3 rings (SSSR count). The Bertz CT molecular complexity index is 493. The minimum atomic E-state index is 0.167. The van der Waals surface area contributed by atoms with Gasteiger partial charge in [-0.3, -0.25) is 0 Å². The van der Waals surface area contributed by atoms with Crippen molar-refractivity contribution in [3.05, 3.63) is 59.7 Å². The van der Waals surface area contributed by atoms with Crippen LogP contribution in [0.2, 0.25) is 0 Å². The van der Waals surface area contributed by atoms with Crippen molar-refractivity contribution in [1.82, 2.24) is 0 Å². The van der Waals surface area contributed by atoms with Crippen molar-refractivity contribution in [2.45, 2.75) is 20.3 Å². The van der Waals surface area contributed by atoms with Gasteiger partial charge in [0.2, 0.25) is 0 Å². The normalized spacial score (nSPS) is 10.9. The third-order valence-corrected chi connectivity index (χ3v) is 2.71. The van der Waals surface area contributed by atoms with Gasteiger partial charge in [0.25, 0.3) is 0 Å². The summed E-state index contributed by atoms with van der Waals surface area (Å²) in [6.45, 7) is 3.06. The van der Waals surface area contributed by atoms with Crippen LogP contribution in [-0.2, 0) is 11.2 Å². The van der Waals surface area contributed by atoms with Crippen molar-refractivity contribution >= 4 is 5.78 Å². The minimum absolute atomic E-state index is 0.167. The third kappa shape index (κ3) is 2.62. The van der Waals surface area contributed by atoms with Crippen molar-refractivity contribution in [3.63, 3.8) is 0 Å². The van der Waals surface area contributed by atoms with E-state index in [9.17, 15) is 4.79 Å². The Kier molecular flexibility index (Phi) is 3.38. The molecule has 0 bridgehead atoms. The van der Waals surface area contributed by atoms with E-state index in [0.717, 1.165) is 6.42 Å². The van der Waals surface area contributed by atoms with Gasteiger partial charge in [0.15, 0.2) is 0 Å². The first-order valence-electron chi connectivity index (χ1n) is 5.82. The number of hydrogen-bond donors (Lipinski definition) is 0. The molecule has 2 aromatic rings. The highest BCUT2D eigenvalue weighted by molar-refractivity contribution is 5.76. The molecule has 1 heteroatoms. The molecule has 0 fully saturated rings. The Morgan fingerprint density at radius 2 is 1.18 bits per heavy atom. The molecule has 0 amide bonds. The van der Waals surface area contributed by atoms with Gasteiger partial charge in [0, 0.05) is 0 Å². The number of ketones is 1. The molecule has 1 nitrogen and oxygen atoms in total. The first-order valence-corrected chi connectivity index (χ1v) is 5.82. The van der Waals surface area contributed by atoms with Gasteiger partial charge in [0.1, 0.15) is 5.78 Å². The molecule has 17 heavy (non-hydrogen) atoms. The van der Waals surface area contributed by atoms with Gasteiger partial charge in [0.05, 0.1) is 0 Å².